The van der Waals surface area contributed by atoms with Gasteiger partial charge in [-0.3, -0.25) is 9.69 Å². The molecule has 0 spiro atoms. The van der Waals surface area contributed by atoms with Crippen molar-refractivity contribution in [2.45, 2.75) is 32.0 Å². The summed E-state index contributed by atoms with van der Waals surface area (Å²) in [6.45, 7) is 4.13. The summed E-state index contributed by atoms with van der Waals surface area (Å²) in [4.78, 5) is 14.8. The first-order chi connectivity index (χ1) is 12.8. The zero-order valence-corrected chi connectivity index (χ0v) is 14.8. The standard InChI is InChI=1S/C21H24N2O3/c24-21(20-15-25-18-5-1-2-6-19(18)26-20)22-13-16-7-9-17(10-8-16)14-23-11-3-4-12-23/h1-2,5-10,20H,3-4,11-15H2,(H,22,24). The van der Waals surface area contributed by atoms with Crippen LogP contribution in [0.3, 0.4) is 0 Å². The van der Waals surface area contributed by atoms with E-state index in [2.05, 4.69) is 34.5 Å². The van der Waals surface area contributed by atoms with Crippen molar-refractivity contribution in [2.24, 2.45) is 0 Å². The van der Waals surface area contributed by atoms with Crippen LogP contribution in [0.1, 0.15) is 24.0 Å². The summed E-state index contributed by atoms with van der Waals surface area (Å²) in [5.41, 5.74) is 2.41. The van der Waals surface area contributed by atoms with Gasteiger partial charge in [0.25, 0.3) is 5.91 Å². The molecule has 2 aliphatic rings. The predicted octanol–water partition coefficient (Wildman–Crippen LogP) is 2.74. The van der Waals surface area contributed by atoms with Crippen LogP contribution in [0.25, 0.3) is 0 Å². The van der Waals surface area contributed by atoms with E-state index in [9.17, 15) is 4.79 Å². The molecular weight excluding hydrogens is 328 g/mol. The van der Waals surface area contributed by atoms with Gasteiger partial charge in [0.2, 0.25) is 6.10 Å². The molecule has 0 aliphatic carbocycles. The summed E-state index contributed by atoms with van der Waals surface area (Å²) in [6.07, 6.45) is 2.00. The molecule has 0 bridgehead atoms. The molecule has 1 unspecified atom stereocenters. The Kier molecular flexibility index (Phi) is 5.07. The molecule has 2 aromatic rings. The number of para-hydroxylation sites is 2. The van der Waals surface area contributed by atoms with Gasteiger partial charge in [0.15, 0.2) is 11.5 Å². The van der Waals surface area contributed by atoms with Gasteiger partial charge in [-0.05, 0) is 49.2 Å². The molecule has 5 nitrogen and oxygen atoms in total. The summed E-state index contributed by atoms with van der Waals surface area (Å²) in [5.74, 6) is 1.15. The Morgan fingerprint density at radius 1 is 1.00 bits per heavy atom. The van der Waals surface area contributed by atoms with Crippen LogP contribution in [0, 0.1) is 0 Å². The Balaban J connectivity index is 1.28. The third kappa shape index (κ3) is 3.99. The molecule has 1 N–H and O–H groups in total. The summed E-state index contributed by atoms with van der Waals surface area (Å²) in [7, 11) is 0. The van der Waals surface area contributed by atoms with E-state index < -0.39 is 6.10 Å². The highest BCUT2D eigenvalue weighted by atomic mass is 16.6. The second kappa shape index (κ2) is 7.79. The van der Waals surface area contributed by atoms with Gasteiger partial charge in [-0.2, -0.15) is 0 Å². The van der Waals surface area contributed by atoms with Crippen LogP contribution in [0.2, 0.25) is 0 Å². The molecule has 1 saturated heterocycles. The average Bonchev–Trinajstić information content (AvgIpc) is 3.20. The molecule has 2 aliphatic heterocycles. The molecule has 26 heavy (non-hydrogen) atoms. The van der Waals surface area contributed by atoms with E-state index in [1.807, 2.05) is 24.3 Å². The first-order valence-electron chi connectivity index (χ1n) is 9.24. The second-order valence-electron chi connectivity index (χ2n) is 6.88. The number of nitrogens with zero attached hydrogens (tertiary/aromatic N) is 1. The number of carbonyl (C=O) groups excluding carboxylic acids is 1. The zero-order chi connectivity index (χ0) is 17.8. The van der Waals surface area contributed by atoms with Crippen molar-refractivity contribution in [1.82, 2.24) is 10.2 Å². The highest BCUT2D eigenvalue weighted by Gasteiger charge is 2.26. The maximum Gasteiger partial charge on any atom is 0.264 e. The fourth-order valence-corrected chi connectivity index (χ4v) is 3.41. The Morgan fingerprint density at radius 2 is 1.69 bits per heavy atom. The largest absolute Gasteiger partial charge is 0.485 e. The van der Waals surface area contributed by atoms with E-state index in [-0.39, 0.29) is 12.5 Å². The number of benzene rings is 2. The Bertz CT molecular complexity index is 754. The zero-order valence-electron chi connectivity index (χ0n) is 14.8. The maximum atomic E-state index is 12.4. The van der Waals surface area contributed by atoms with Gasteiger partial charge in [-0.25, -0.2) is 0 Å². The highest BCUT2D eigenvalue weighted by Crippen LogP contribution is 2.30. The smallest absolute Gasteiger partial charge is 0.264 e. The van der Waals surface area contributed by atoms with Gasteiger partial charge in [0, 0.05) is 13.1 Å². The molecule has 1 atom stereocenters. The molecular formula is C21H24N2O3. The summed E-state index contributed by atoms with van der Waals surface area (Å²) in [5, 5.41) is 2.94. The van der Waals surface area contributed by atoms with Gasteiger partial charge in [0.1, 0.15) is 6.61 Å². The van der Waals surface area contributed by atoms with Crippen molar-refractivity contribution in [3.63, 3.8) is 0 Å². The van der Waals surface area contributed by atoms with E-state index in [0.29, 0.717) is 18.0 Å². The Labute approximate surface area is 153 Å². The summed E-state index contributed by atoms with van der Waals surface area (Å²) >= 11 is 0. The lowest BCUT2D eigenvalue weighted by Gasteiger charge is -2.25. The number of rotatable bonds is 5. The van der Waals surface area contributed by atoms with Crippen LogP contribution in [0.5, 0.6) is 11.5 Å². The Morgan fingerprint density at radius 3 is 2.46 bits per heavy atom. The van der Waals surface area contributed by atoms with E-state index in [0.717, 1.165) is 12.1 Å². The molecule has 5 heteroatoms. The number of nitrogens with one attached hydrogen (secondary N) is 1. The first kappa shape index (κ1) is 16.9. The minimum Gasteiger partial charge on any atom is -0.485 e. The third-order valence-corrected chi connectivity index (χ3v) is 4.90. The molecule has 1 amide bonds. The number of hydrogen-bond acceptors (Lipinski definition) is 4. The van der Waals surface area contributed by atoms with Crippen molar-refractivity contribution in [2.75, 3.05) is 19.7 Å². The van der Waals surface area contributed by atoms with Crippen LogP contribution < -0.4 is 14.8 Å². The van der Waals surface area contributed by atoms with Crippen molar-refractivity contribution < 1.29 is 14.3 Å². The number of carbonyl (C=O) groups is 1. The fourth-order valence-electron chi connectivity index (χ4n) is 3.41. The number of likely N-dealkylation sites (tertiary alicyclic amines) is 1. The van der Waals surface area contributed by atoms with Crippen molar-refractivity contribution in [3.8, 4) is 11.5 Å². The van der Waals surface area contributed by atoms with Gasteiger partial charge >= 0.3 is 0 Å². The second-order valence-corrected chi connectivity index (χ2v) is 6.88. The van der Waals surface area contributed by atoms with Gasteiger partial charge in [-0.1, -0.05) is 36.4 Å². The van der Waals surface area contributed by atoms with E-state index >= 15 is 0 Å². The predicted molar refractivity (Wildman–Crippen MR) is 99.2 cm³/mol. The lowest BCUT2D eigenvalue weighted by atomic mass is 10.1. The van der Waals surface area contributed by atoms with Crippen LogP contribution in [0.15, 0.2) is 48.5 Å². The van der Waals surface area contributed by atoms with Crippen LogP contribution in [0.4, 0.5) is 0 Å². The average molecular weight is 352 g/mol. The topological polar surface area (TPSA) is 50.8 Å². The quantitative estimate of drug-likeness (QED) is 0.899. The molecule has 0 saturated carbocycles. The normalized spacial score (nSPS) is 19.3. The molecule has 2 aromatic carbocycles. The minimum absolute atomic E-state index is 0.152. The summed E-state index contributed by atoms with van der Waals surface area (Å²) in [6, 6.07) is 15.9. The van der Waals surface area contributed by atoms with Crippen molar-refractivity contribution in [1.29, 1.82) is 0 Å². The SMILES string of the molecule is O=C(NCc1ccc(CN2CCCC2)cc1)C1COc2ccccc2O1. The number of ether oxygens (including phenoxy) is 2. The van der Waals surface area contributed by atoms with E-state index in [1.165, 1.54) is 31.5 Å². The third-order valence-electron chi connectivity index (χ3n) is 4.90. The van der Waals surface area contributed by atoms with Gasteiger partial charge in [-0.15, -0.1) is 0 Å². The highest BCUT2D eigenvalue weighted by molar-refractivity contribution is 5.81. The first-order valence-corrected chi connectivity index (χ1v) is 9.24. The fraction of sp³-hybridized carbons (Fsp3) is 0.381. The van der Waals surface area contributed by atoms with Gasteiger partial charge in [0.05, 0.1) is 0 Å². The molecule has 0 aromatic heterocycles. The van der Waals surface area contributed by atoms with Crippen LogP contribution in [-0.2, 0) is 17.9 Å². The Hall–Kier alpha value is -2.53. The summed E-state index contributed by atoms with van der Waals surface area (Å²) < 4.78 is 11.3. The van der Waals surface area contributed by atoms with E-state index in [1.54, 1.807) is 0 Å². The van der Waals surface area contributed by atoms with Crippen LogP contribution >= 0.6 is 0 Å². The molecule has 2 heterocycles. The van der Waals surface area contributed by atoms with Crippen molar-refractivity contribution >= 4 is 5.91 Å². The maximum absolute atomic E-state index is 12.4. The molecule has 4 rings (SSSR count). The monoisotopic (exact) mass is 352 g/mol. The number of fused-ring (bicyclic) bond motifs is 1. The number of hydrogen-bond donors (Lipinski definition) is 1. The lowest BCUT2D eigenvalue weighted by molar-refractivity contribution is -0.130. The number of amides is 1. The van der Waals surface area contributed by atoms with Crippen LogP contribution in [-0.4, -0.2) is 36.6 Å². The lowest BCUT2D eigenvalue weighted by Crippen LogP contribution is -2.43. The van der Waals surface area contributed by atoms with Crippen molar-refractivity contribution in [3.05, 3.63) is 59.7 Å². The minimum atomic E-state index is -0.612. The van der Waals surface area contributed by atoms with E-state index in [4.69, 9.17) is 9.47 Å². The van der Waals surface area contributed by atoms with Gasteiger partial charge < -0.3 is 14.8 Å². The molecule has 1 fully saturated rings. The molecule has 0 radical (unpaired) electrons. The molecule has 136 valence electrons.